The van der Waals surface area contributed by atoms with Gasteiger partial charge in [0.05, 0.1) is 0 Å². The van der Waals surface area contributed by atoms with Crippen molar-refractivity contribution < 1.29 is 14.3 Å². The van der Waals surface area contributed by atoms with Gasteiger partial charge in [-0.15, -0.1) is 0 Å². The van der Waals surface area contributed by atoms with Crippen molar-refractivity contribution in [3.63, 3.8) is 0 Å². The molecule has 0 amide bonds. The Morgan fingerprint density at radius 1 is 1.44 bits per heavy atom. The smallest absolute Gasteiger partial charge is 0.192 e. The third-order valence-electron chi connectivity index (χ3n) is 4.28. The maximum absolute atomic E-state index is 11.4. The lowest BCUT2D eigenvalue weighted by Gasteiger charge is -2.37. The SMILES string of the molecule is CC(C)(C)[Si](C)(C)OCC1CC(C(=O)CO)CN1. The summed E-state index contributed by atoms with van der Waals surface area (Å²) in [6.45, 7) is 12.1. The molecule has 1 fully saturated rings. The number of hydrogen-bond acceptors (Lipinski definition) is 4. The van der Waals surface area contributed by atoms with Crippen molar-refractivity contribution in [2.24, 2.45) is 5.92 Å². The molecular formula is C13H27NO3Si. The Hall–Kier alpha value is -0.233. The third-order valence-corrected chi connectivity index (χ3v) is 8.79. The molecule has 1 saturated heterocycles. The number of aliphatic hydroxyl groups excluding tert-OH is 1. The lowest BCUT2D eigenvalue weighted by atomic mass is 10.0. The minimum Gasteiger partial charge on any atom is -0.415 e. The van der Waals surface area contributed by atoms with Gasteiger partial charge < -0.3 is 14.8 Å². The molecule has 0 aliphatic carbocycles. The first-order valence-electron chi connectivity index (χ1n) is 6.68. The molecule has 2 atom stereocenters. The summed E-state index contributed by atoms with van der Waals surface area (Å²) >= 11 is 0. The number of Topliss-reactive ketones (excluding diaryl/α,β-unsaturated/α-hetero) is 1. The Morgan fingerprint density at radius 2 is 2.06 bits per heavy atom. The zero-order chi connectivity index (χ0) is 14.0. The molecule has 1 aliphatic rings. The number of carbonyl (C=O) groups excluding carboxylic acids is 1. The summed E-state index contributed by atoms with van der Waals surface area (Å²) in [5, 5.41) is 12.4. The fourth-order valence-electron chi connectivity index (χ4n) is 1.85. The molecule has 1 heterocycles. The number of nitrogens with one attached hydrogen (secondary N) is 1. The van der Waals surface area contributed by atoms with E-state index in [1.807, 2.05) is 0 Å². The van der Waals surface area contributed by atoms with Crippen LogP contribution in [0.5, 0.6) is 0 Å². The van der Waals surface area contributed by atoms with Crippen LogP contribution >= 0.6 is 0 Å². The Morgan fingerprint density at radius 3 is 2.56 bits per heavy atom. The Labute approximate surface area is 111 Å². The average Bonchev–Trinajstić information content (AvgIpc) is 2.72. The molecule has 0 aromatic heterocycles. The highest BCUT2D eigenvalue weighted by atomic mass is 28.4. The number of aliphatic hydroxyl groups is 1. The van der Waals surface area contributed by atoms with E-state index < -0.39 is 8.32 Å². The first kappa shape index (κ1) is 15.8. The van der Waals surface area contributed by atoms with Crippen molar-refractivity contribution in [2.45, 2.75) is 51.4 Å². The lowest BCUT2D eigenvalue weighted by Crippen LogP contribution is -2.43. The Bertz CT molecular complexity index is 299. The van der Waals surface area contributed by atoms with E-state index in [4.69, 9.17) is 9.53 Å². The predicted octanol–water partition coefficient (Wildman–Crippen LogP) is 1.55. The monoisotopic (exact) mass is 273 g/mol. The van der Waals surface area contributed by atoms with E-state index in [-0.39, 0.29) is 29.4 Å². The van der Waals surface area contributed by atoms with Gasteiger partial charge >= 0.3 is 0 Å². The summed E-state index contributed by atoms with van der Waals surface area (Å²) < 4.78 is 6.14. The fourth-order valence-corrected chi connectivity index (χ4v) is 2.90. The molecule has 0 saturated carbocycles. The average molecular weight is 273 g/mol. The van der Waals surface area contributed by atoms with Crippen LogP contribution in [0.25, 0.3) is 0 Å². The largest absolute Gasteiger partial charge is 0.415 e. The summed E-state index contributed by atoms with van der Waals surface area (Å²) in [5.74, 6) is -0.0969. The normalized spacial score (nSPS) is 25.4. The molecule has 18 heavy (non-hydrogen) atoms. The first-order valence-corrected chi connectivity index (χ1v) is 9.59. The number of carbonyl (C=O) groups is 1. The second-order valence-electron chi connectivity index (χ2n) is 6.73. The first-order chi connectivity index (χ1) is 8.17. The molecule has 2 unspecified atom stereocenters. The van der Waals surface area contributed by atoms with E-state index in [1.165, 1.54) is 0 Å². The van der Waals surface area contributed by atoms with Gasteiger partial charge in [0.2, 0.25) is 0 Å². The molecule has 1 rings (SSSR count). The van der Waals surface area contributed by atoms with Crippen molar-refractivity contribution in [1.82, 2.24) is 5.32 Å². The molecule has 106 valence electrons. The zero-order valence-corrected chi connectivity index (χ0v) is 13.2. The van der Waals surface area contributed by atoms with Gasteiger partial charge in [-0.1, -0.05) is 20.8 Å². The number of rotatable bonds is 5. The molecular weight excluding hydrogens is 246 g/mol. The highest BCUT2D eigenvalue weighted by molar-refractivity contribution is 6.74. The molecule has 0 radical (unpaired) electrons. The van der Waals surface area contributed by atoms with E-state index in [1.54, 1.807) is 0 Å². The quantitative estimate of drug-likeness (QED) is 0.746. The predicted molar refractivity (Wildman–Crippen MR) is 75.1 cm³/mol. The molecule has 0 aromatic rings. The summed E-state index contributed by atoms with van der Waals surface area (Å²) in [7, 11) is -1.70. The minimum absolute atomic E-state index is 0.0389. The molecule has 5 heteroatoms. The van der Waals surface area contributed by atoms with Crippen LogP contribution in [0.4, 0.5) is 0 Å². The summed E-state index contributed by atoms with van der Waals surface area (Å²) in [4.78, 5) is 11.4. The van der Waals surface area contributed by atoms with Crippen LogP contribution in [-0.4, -0.2) is 45.0 Å². The van der Waals surface area contributed by atoms with Gasteiger partial charge in [-0.3, -0.25) is 4.79 Å². The second-order valence-corrected chi connectivity index (χ2v) is 11.5. The Kier molecular flexibility index (Phi) is 5.11. The van der Waals surface area contributed by atoms with Crippen LogP contribution in [0.3, 0.4) is 0 Å². The van der Waals surface area contributed by atoms with Crippen LogP contribution in [0.1, 0.15) is 27.2 Å². The molecule has 4 nitrogen and oxygen atoms in total. The molecule has 0 spiro atoms. The lowest BCUT2D eigenvalue weighted by molar-refractivity contribution is -0.125. The molecule has 1 aliphatic heterocycles. The van der Waals surface area contributed by atoms with Crippen LogP contribution in [-0.2, 0) is 9.22 Å². The summed E-state index contributed by atoms with van der Waals surface area (Å²) in [6, 6.07) is 0.250. The highest BCUT2D eigenvalue weighted by Gasteiger charge is 2.38. The topological polar surface area (TPSA) is 58.6 Å². The van der Waals surface area contributed by atoms with Crippen LogP contribution in [0, 0.1) is 5.92 Å². The van der Waals surface area contributed by atoms with Gasteiger partial charge in [-0.2, -0.15) is 0 Å². The molecule has 0 bridgehead atoms. The van der Waals surface area contributed by atoms with Crippen molar-refractivity contribution in [3.05, 3.63) is 0 Å². The highest BCUT2D eigenvalue weighted by Crippen LogP contribution is 2.36. The van der Waals surface area contributed by atoms with Crippen LogP contribution in [0.2, 0.25) is 18.1 Å². The van der Waals surface area contributed by atoms with E-state index >= 15 is 0 Å². The standard InChI is InChI=1S/C13H27NO3Si/c1-13(2,3)18(4,5)17-9-11-6-10(7-14-11)12(16)8-15/h10-11,14-15H,6-9H2,1-5H3. The summed E-state index contributed by atoms with van der Waals surface area (Å²) in [5.41, 5.74) is 0. The van der Waals surface area contributed by atoms with E-state index in [0.29, 0.717) is 13.2 Å². The third kappa shape index (κ3) is 3.88. The maximum atomic E-state index is 11.4. The van der Waals surface area contributed by atoms with Crippen molar-refractivity contribution >= 4 is 14.1 Å². The van der Waals surface area contributed by atoms with Gasteiger partial charge in [0.1, 0.15) is 6.61 Å². The van der Waals surface area contributed by atoms with Crippen molar-refractivity contribution in [1.29, 1.82) is 0 Å². The molecule has 0 aromatic carbocycles. The summed E-state index contributed by atoms with van der Waals surface area (Å²) in [6.07, 6.45) is 0.786. The van der Waals surface area contributed by atoms with Crippen molar-refractivity contribution in [3.8, 4) is 0 Å². The zero-order valence-electron chi connectivity index (χ0n) is 12.2. The van der Waals surface area contributed by atoms with Crippen molar-refractivity contribution in [2.75, 3.05) is 19.8 Å². The van der Waals surface area contributed by atoms with Gasteiger partial charge in [-0.05, 0) is 24.6 Å². The van der Waals surface area contributed by atoms with Crippen LogP contribution < -0.4 is 5.32 Å². The Balaban J connectivity index is 2.41. The van der Waals surface area contributed by atoms with E-state index in [9.17, 15) is 4.79 Å². The minimum atomic E-state index is -1.70. The van der Waals surface area contributed by atoms with Gasteiger partial charge in [0, 0.05) is 25.1 Å². The molecule has 2 N–H and O–H groups in total. The van der Waals surface area contributed by atoms with Crippen LogP contribution in [0.15, 0.2) is 0 Å². The number of ketones is 1. The van der Waals surface area contributed by atoms with Gasteiger partial charge in [0.25, 0.3) is 0 Å². The van der Waals surface area contributed by atoms with Gasteiger partial charge in [-0.25, -0.2) is 0 Å². The number of hydrogen-bond donors (Lipinski definition) is 2. The maximum Gasteiger partial charge on any atom is 0.192 e. The van der Waals surface area contributed by atoms with E-state index in [0.717, 1.165) is 6.42 Å². The van der Waals surface area contributed by atoms with Gasteiger partial charge in [0.15, 0.2) is 14.1 Å². The second kappa shape index (κ2) is 5.82. The van der Waals surface area contributed by atoms with E-state index in [2.05, 4.69) is 39.2 Å². The fraction of sp³-hybridized carbons (Fsp3) is 0.923.